The molecule has 3 nitrogen and oxygen atoms in total. The number of aliphatic hydroxyl groups excluding tert-OH is 1. The number of rotatable bonds is 3. The molecule has 2 atom stereocenters. The van der Waals surface area contributed by atoms with Crippen molar-refractivity contribution < 1.29 is 14.6 Å². The van der Waals surface area contributed by atoms with E-state index < -0.39 is 5.38 Å². The number of ether oxygens (including phenoxy) is 1. The van der Waals surface area contributed by atoms with Gasteiger partial charge in [-0.1, -0.05) is 12.1 Å². The second kappa shape index (κ2) is 6.22. The van der Waals surface area contributed by atoms with E-state index in [1.165, 1.54) is 0 Å². The molecule has 102 valence electrons. The molecule has 0 bridgehead atoms. The van der Waals surface area contributed by atoms with Crippen molar-refractivity contribution in [3.8, 4) is 5.75 Å². The Balaban J connectivity index is 2.21. The number of methoxy groups -OCH3 is 1. The quantitative estimate of drug-likeness (QED) is 0.684. The minimum Gasteiger partial charge on any atom is -0.497 e. The Morgan fingerprint density at radius 1 is 1.53 bits per heavy atom. The number of ketones is 1. The summed E-state index contributed by atoms with van der Waals surface area (Å²) in [5.41, 5.74) is 1.65. The van der Waals surface area contributed by atoms with Crippen LogP contribution in [0.2, 0.25) is 0 Å². The van der Waals surface area contributed by atoms with Crippen LogP contribution in [0.1, 0.15) is 18.4 Å². The Hall–Kier alpha value is -1.32. The van der Waals surface area contributed by atoms with Crippen LogP contribution in [0.15, 0.2) is 29.8 Å². The summed E-state index contributed by atoms with van der Waals surface area (Å²) in [5, 5.41) is 8.54. The van der Waals surface area contributed by atoms with Gasteiger partial charge in [-0.2, -0.15) is 0 Å². The predicted molar refractivity (Wildman–Crippen MR) is 75.4 cm³/mol. The third-order valence-electron chi connectivity index (χ3n) is 3.43. The summed E-state index contributed by atoms with van der Waals surface area (Å²) in [7, 11) is 1.61. The second-order valence-corrected chi connectivity index (χ2v) is 5.16. The van der Waals surface area contributed by atoms with Crippen molar-refractivity contribution in [1.29, 1.82) is 0 Å². The summed E-state index contributed by atoms with van der Waals surface area (Å²) in [6, 6.07) is 7.54. The SMILES string of the molecule is COc1cccc(C=C2CCC(CO)C(Cl)C2=O)c1. The van der Waals surface area contributed by atoms with Crippen molar-refractivity contribution in [2.24, 2.45) is 5.92 Å². The first-order valence-electron chi connectivity index (χ1n) is 6.29. The van der Waals surface area contributed by atoms with Crippen molar-refractivity contribution in [3.63, 3.8) is 0 Å². The maximum Gasteiger partial charge on any atom is 0.177 e. The lowest BCUT2D eigenvalue weighted by Gasteiger charge is -2.26. The number of hydrogen-bond donors (Lipinski definition) is 1. The molecule has 1 aromatic rings. The summed E-state index contributed by atoms with van der Waals surface area (Å²) in [6.07, 6.45) is 3.25. The standard InChI is InChI=1S/C15H17ClO3/c1-19-13-4-2-3-10(8-13)7-11-5-6-12(9-17)14(16)15(11)18/h2-4,7-8,12,14,17H,5-6,9H2,1H3. The highest BCUT2D eigenvalue weighted by Crippen LogP contribution is 2.30. The highest BCUT2D eigenvalue weighted by molar-refractivity contribution is 6.34. The molecule has 19 heavy (non-hydrogen) atoms. The van der Waals surface area contributed by atoms with Crippen LogP contribution in [-0.2, 0) is 4.79 Å². The fraction of sp³-hybridized carbons (Fsp3) is 0.400. The molecule has 0 spiro atoms. The van der Waals surface area contributed by atoms with E-state index in [9.17, 15) is 4.79 Å². The third kappa shape index (κ3) is 3.17. The van der Waals surface area contributed by atoms with Gasteiger partial charge in [-0.15, -0.1) is 11.6 Å². The van der Waals surface area contributed by atoms with Gasteiger partial charge in [0.15, 0.2) is 5.78 Å². The lowest BCUT2D eigenvalue weighted by atomic mass is 9.84. The van der Waals surface area contributed by atoms with Gasteiger partial charge in [0.2, 0.25) is 0 Å². The topological polar surface area (TPSA) is 46.5 Å². The summed E-state index contributed by atoms with van der Waals surface area (Å²) in [5.74, 6) is 0.555. The molecule has 1 aliphatic carbocycles. The number of benzene rings is 1. The van der Waals surface area contributed by atoms with Crippen LogP contribution in [0, 0.1) is 5.92 Å². The van der Waals surface area contributed by atoms with Crippen molar-refractivity contribution in [1.82, 2.24) is 0 Å². The molecule has 0 aromatic heterocycles. The monoisotopic (exact) mass is 280 g/mol. The number of alkyl halides is 1. The first-order valence-corrected chi connectivity index (χ1v) is 6.73. The maximum absolute atomic E-state index is 12.1. The molecule has 1 fully saturated rings. The zero-order valence-electron chi connectivity index (χ0n) is 10.8. The molecule has 4 heteroatoms. The lowest BCUT2D eigenvalue weighted by Crippen LogP contribution is -2.33. The fourth-order valence-electron chi connectivity index (χ4n) is 2.26. The molecule has 0 saturated heterocycles. The van der Waals surface area contributed by atoms with E-state index in [0.717, 1.165) is 23.3 Å². The largest absolute Gasteiger partial charge is 0.497 e. The van der Waals surface area contributed by atoms with E-state index in [1.54, 1.807) is 7.11 Å². The average molecular weight is 281 g/mol. The molecule has 1 aliphatic rings. The molecule has 2 unspecified atom stereocenters. The molecule has 1 N–H and O–H groups in total. The van der Waals surface area contributed by atoms with E-state index in [1.807, 2.05) is 30.3 Å². The first kappa shape index (κ1) is 14.1. The number of Topliss-reactive ketones (excluding diaryl/α,β-unsaturated/α-hetero) is 1. The Morgan fingerprint density at radius 2 is 2.32 bits per heavy atom. The van der Waals surface area contributed by atoms with E-state index in [-0.39, 0.29) is 18.3 Å². The first-order chi connectivity index (χ1) is 9.15. The third-order valence-corrected chi connectivity index (χ3v) is 3.99. The van der Waals surface area contributed by atoms with Crippen molar-refractivity contribution >= 4 is 23.5 Å². The second-order valence-electron chi connectivity index (χ2n) is 4.69. The Bertz CT molecular complexity index is 496. The van der Waals surface area contributed by atoms with Crippen LogP contribution in [0.4, 0.5) is 0 Å². The van der Waals surface area contributed by atoms with Crippen LogP contribution >= 0.6 is 11.6 Å². The van der Waals surface area contributed by atoms with Gasteiger partial charge >= 0.3 is 0 Å². The van der Waals surface area contributed by atoms with Gasteiger partial charge in [-0.25, -0.2) is 0 Å². The van der Waals surface area contributed by atoms with Gasteiger partial charge in [-0.05, 0) is 42.2 Å². The zero-order valence-corrected chi connectivity index (χ0v) is 11.6. The molecule has 0 amide bonds. The zero-order chi connectivity index (χ0) is 13.8. The summed E-state index contributed by atoms with van der Waals surface area (Å²) in [4.78, 5) is 12.1. The Morgan fingerprint density at radius 3 is 3.00 bits per heavy atom. The summed E-state index contributed by atoms with van der Waals surface area (Å²) in [6.45, 7) is -0.0354. The number of aliphatic hydroxyl groups is 1. The van der Waals surface area contributed by atoms with Crippen molar-refractivity contribution in [3.05, 3.63) is 35.4 Å². The number of halogens is 1. The summed E-state index contributed by atoms with van der Waals surface area (Å²) < 4.78 is 5.15. The minimum absolute atomic E-state index is 0.0354. The van der Waals surface area contributed by atoms with Gasteiger partial charge in [0.25, 0.3) is 0 Å². The molecule has 0 aliphatic heterocycles. The van der Waals surface area contributed by atoms with E-state index in [4.69, 9.17) is 21.4 Å². The van der Waals surface area contributed by atoms with Crippen LogP contribution in [0.25, 0.3) is 6.08 Å². The van der Waals surface area contributed by atoms with E-state index >= 15 is 0 Å². The fourth-order valence-corrected chi connectivity index (χ4v) is 2.61. The maximum atomic E-state index is 12.1. The van der Waals surface area contributed by atoms with Crippen molar-refractivity contribution in [2.45, 2.75) is 18.2 Å². The smallest absolute Gasteiger partial charge is 0.177 e. The lowest BCUT2D eigenvalue weighted by molar-refractivity contribution is -0.117. The molecular weight excluding hydrogens is 264 g/mol. The number of hydrogen-bond acceptors (Lipinski definition) is 3. The minimum atomic E-state index is -0.615. The molecule has 1 saturated carbocycles. The van der Waals surface area contributed by atoms with Gasteiger partial charge in [-0.3, -0.25) is 4.79 Å². The van der Waals surface area contributed by atoms with Gasteiger partial charge in [0.05, 0.1) is 7.11 Å². The van der Waals surface area contributed by atoms with Crippen molar-refractivity contribution in [2.75, 3.05) is 13.7 Å². The normalized spacial score (nSPS) is 25.6. The Labute approximate surface area is 117 Å². The van der Waals surface area contributed by atoms with E-state index in [0.29, 0.717) is 6.42 Å². The molecular formula is C15H17ClO3. The number of allylic oxidation sites excluding steroid dienone is 1. The van der Waals surface area contributed by atoms with Crippen LogP contribution in [0.3, 0.4) is 0 Å². The molecule has 0 heterocycles. The highest BCUT2D eigenvalue weighted by Gasteiger charge is 2.32. The van der Waals surface area contributed by atoms with Crippen LogP contribution in [0.5, 0.6) is 5.75 Å². The molecule has 2 rings (SSSR count). The Kier molecular flexibility index (Phi) is 4.61. The van der Waals surface area contributed by atoms with Crippen LogP contribution in [-0.4, -0.2) is 30.0 Å². The van der Waals surface area contributed by atoms with Gasteiger partial charge in [0.1, 0.15) is 11.1 Å². The van der Waals surface area contributed by atoms with Gasteiger partial charge < -0.3 is 9.84 Å². The number of carbonyl (C=O) groups is 1. The average Bonchev–Trinajstić information content (AvgIpc) is 2.44. The molecule has 0 radical (unpaired) electrons. The predicted octanol–water partition coefficient (Wildman–Crippen LogP) is 2.66. The summed E-state index contributed by atoms with van der Waals surface area (Å²) >= 11 is 6.08. The highest BCUT2D eigenvalue weighted by atomic mass is 35.5. The van der Waals surface area contributed by atoms with E-state index in [2.05, 4.69) is 0 Å². The van der Waals surface area contributed by atoms with Crippen LogP contribution < -0.4 is 4.74 Å². The number of carbonyl (C=O) groups excluding carboxylic acids is 1. The molecule has 1 aromatic carbocycles. The van der Waals surface area contributed by atoms with Gasteiger partial charge in [0, 0.05) is 12.5 Å².